The van der Waals surface area contributed by atoms with Crippen LogP contribution in [0.15, 0.2) is 103 Å². The van der Waals surface area contributed by atoms with Crippen molar-refractivity contribution in [1.29, 1.82) is 0 Å². The maximum atomic E-state index is 10.5. The molecule has 0 aliphatic heterocycles. The minimum Gasteiger partial charge on any atom is -0.506 e. The van der Waals surface area contributed by atoms with Crippen LogP contribution in [-0.4, -0.2) is 24.6 Å². The molecule has 0 unspecified atom stereocenters. The standard InChI is InChI=1S/C31H24N4O/c1-20-16-26(29(36)19-32-20)31-34-30-25(12-7-13-28(30)35(31)2)22-10-6-11-23(17-22)27-15-14-24(18-33-27)21-8-4-3-5-9-21/h3-19,36H,1-2H3. The Morgan fingerprint density at radius 1 is 0.667 bits per heavy atom. The molecular weight excluding hydrogens is 444 g/mol. The first-order valence-corrected chi connectivity index (χ1v) is 11.8. The van der Waals surface area contributed by atoms with Gasteiger partial charge in [-0.2, -0.15) is 0 Å². The Balaban J connectivity index is 1.42. The van der Waals surface area contributed by atoms with Crippen LogP contribution in [0.25, 0.3) is 55.9 Å². The second-order valence-corrected chi connectivity index (χ2v) is 8.89. The molecule has 0 spiro atoms. The summed E-state index contributed by atoms with van der Waals surface area (Å²) in [6.07, 6.45) is 3.40. The summed E-state index contributed by atoms with van der Waals surface area (Å²) in [5, 5.41) is 10.5. The molecule has 3 heterocycles. The maximum Gasteiger partial charge on any atom is 0.144 e. The van der Waals surface area contributed by atoms with Crippen molar-refractivity contribution >= 4 is 11.0 Å². The molecule has 0 aliphatic rings. The summed E-state index contributed by atoms with van der Waals surface area (Å²) in [5.74, 6) is 0.822. The van der Waals surface area contributed by atoms with Gasteiger partial charge in [0.05, 0.1) is 28.5 Å². The van der Waals surface area contributed by atoms with E-state index in [4.69, 9.17) is 9.97 Å². The Morgan fingerprint density at radius 3 is 2.25 bits per heavy atom. The Bertz CT molecular complexity index is 1700. The van der Waals surface area contributed by atoms with Crippen LogP contribution in [-0.2, 0) is 7.05 Å². The Kier molecular flexibility index (Phi) is 5.30. The number of aromatic nitrogens is 4. The number of aryl methyl sites for hydroxylation is 2. The van der Waals surface area contributed by atoms with E-state index >= 15 is 0 Å². The quantitative estimate of drug-likeness (QED) is 0.301. The van der Waals surface area contributed by atoms with E-state index in [0.29, 0.717) is 11.4 Å². The summed E-state index contributed by atoms with van der Waals surface area (Å²) in [4.78, 5) is 13.9. The first-order chi connectivity index (χ1) is 17.6. The molecule has 3 aromatic carbocycles. The fourth-order valence-corrected chi connectivity index (χ4v) is 4.63. The third-order valence-corrected chi connectivity index (χ3v) is 6.51. The van der Waals surface area contributed by atoms with Crippen molar-refractivity contribution in [2.45, 2.75) is 6.92 Å². The van der Waals surface area contributed by atoms with Gasteiger partial charge in [0.25, 0.3) is 0 Å². The van der Waals surface area contributed by atoms with Crippen LogP contribution in [0.3, 0.4) is 0 Å². The van der Waals surface area contributed by atoms with Crippen molar-refractivity contribution in [3.8, 4) is 50.6 Å². The third-order valence-electron chi connectivity index (χ3n) is 6.51. The molecule has 0 fully saturated rings. The minimum absolute atomic E-state index is 0.118. The lowest BCUT2D eigenvalue weighted by molar-refractivity contribution is 0.473. The second kappa shape index (κ2) is 8.78. The van der Waals surface area contributed by atoms with Gasteiger partial charge in [-0.3, -0.25) is 9.97 Å². The second-order valence-electron chi connectivity index (χ2n) is 8.89. The topological polar surface area (TPSA) is 63.8 Å². The van der Waals surface area contributed by atoms with Gasteiger partial charge in [-0.15, -0.1) is 0 Å². The van der Waals surface area contributed by atoms with Crippen molar-refractivity contribution in [2.75, 3.05) is 0 Å². The van der Waals surface area contributed by atoms with Gasteiger partial charge >= 0.3 is 0 Å². The van der Waals surface area contributed by atoms with Gasteiger partial charge in [-0.25, -0.2) is 4.98 Å². The van der Waals surface area contributed by atoms with E-state index in [1.54, 1.807) is 0 Å². The molecule has 6 aromatic rings. The van der Waals surface area contributed by atoms with Crippen LogP contribution in [0.1, 0.15) is 5.69 Å². The molecule has 1 N–H and O–H groups in total. The zero-order valence-electron chi connectivity index (χ0n) is 20.1. The lowest BCUT2D eigenvalue weighted by atomic mass is 10.00. The lowest BCUT2D eigenvalue weighted by Crippen LogP contribution is -1.94. The molecule has 174 valence electrons. The van der Waals surface area contributed by atoms with Crippen molar-refractivity contribution in [2.24, 2.45) is 7.05 Å². The fraction of sp³-hybridized carbons (Fsp3) is 0.0645. The average Bonchev–Trinajstić information content (AvgIpc) is 3.27. The van der Waals surface area contributed by atoms with Crippen molar-refractivity contribution in [3.05, 3.63) is 109 Å². The zero-order chi connectivity index (χ0) is 24.6. The highest BCUT2D eigenvalue weighted by Crippen LogP contribution is 2.35. The Labute approximate surface area is 209 Å². The number of aromatic hydroxyl groups is 1. The molecule has 36 heavy (non-hydrogen) atoms. The Morgan fingerprint density at radius 2 is 1.44 bits per heavy atom. The molecule has 0 aliphatic carbocycles. The van der Waals surface area contributed by atoms with Gasteiger partial charge in [-0.1, -0.05) is 66.7 Å². The molecule has 0 atom stereocenters. The smallest absolute Gasteiger partial charge is 0.144 e. The maximum absolute atomic E-state index is 10.5. The van der Waals surface area contributed by atoms with E-state index in [-0.39, 0.29) is 5.75 Å². The number of hydrogen-bond donors (Lipinski definition) is 1. The summed E-state index contributed by atoms with van der Waals surface area (Å²) >= 11 is 0. The predicted octanol–water partition coefficient (Wildman–Crippen LogP) is 7.05. The fourth-order valence-electron chi connectivity index (χ4n) is 4.63. The van der Waals surface area contributed by atoms with Gasteiger partial charge in [0.1, 0.15) is 11.6 Å². The summed E-state index contributed by atoms with van der Waals surface area (Å²) in [6, 6.07) is 30.9. The molecule has 6 rings (SSSR count). The number of fused-ring (bicyclic) bond motifs is 1. The molecule has 0 amide bonds. The number of hydrogen-bond acceptors (Lipinski definition) is 4. The average molecular weight is 469 g/mol. The van der Waals surface area contributed by atoms with E-state index in [9.17, 15) is 5.11 Å². The molecule has 5 nitrogen and oxygen atoms in total. The highest BCUT2D eigenvalue weighted by molar-refractivity contribution is 5.95. The summed E-state index contributed by atoms with van der Waals surface area (Å²) in [7, 11) is 1.97. The Hall–Kier alpha value is -4.77. The SMILES string of the molecule is Cc1cc(-c2nc3c(-c4cccc(-c5ccc(-c6ccccc6)cn5)c4)cccc3n2C)c(O)cn1. The highest BCUT2D eigenvalue weighted by atomic mass is 16.3. The van der Waals surface area contributed by atoms with E-state index in [1.165, 1.54) is 6.20 Å². The first kappa shape index (κ1) is 21.7. The van der Waals surface area contributed by atoms with Crippen LogP contribution in [0.5, 0.6) is 5.75 Å². The van der Waals surface area contributed by atoms with Gasteiger partial charge < -0.3 is 9.67 Å². The van der Waals surface area contributed by atoms with Crippen LogP contribution in [0.4, 0.5) is 0 Å². The summed E-state index contributed by atoms with van der Waals surface area (Å²) in [6.45, 7) is 1.91. The lowest BCUT2D eigenvalue weighted by Gasteiger charge is -2.08. The van der Waals surface area contributed by atoms with Crippen LogP contribution < -0.4 is 0 Å². The third kappa shape index (κ3) is 3.81. The molecule has 5 heteroatoms. The number of para-hydroxylation sites is 1. The minimum atomic E-state index is 0.118. The molecular formula is C31H24N4O. The normalized spacial score (nSPS) is 11.2. The highest BCUT2D eigenvalue weighted by Gasteiger charge is 2.17. The van der Waals surface area contributed by atoms with E-state index in [2.05, 4.69) is 59.6 Å². The van der Waals surface area contributed by atoms with E-state index < -0.39 is 0 Å². The van der Waals surface area contributed by atoms with Crippen LogP contribution >= 0.6 is 0 Å². The van der Waals surface area contributed by atoms with Crippen LogP contribution in [0.2, 0.25) is 0 Å². The van der Waals surface area contributed by atoms with Gasteiger partial charge in [0, 0.05) is 35.6 Å². The number of benzene rings is 3. The number of rotatable bonds is 4. The largest absolute Gasteiger partial charge is 0.506 e. The van der Waals surface area contributed by atoms with Gasteiger partial charge in [0.2, 0.25) is 0 Å². The van der Waals surface area contributed by atoms with Gasteiger partial charge in [0.15, 0.2) is 0 Å². The monoisotopic (exact) mass is 468 g/mol. The van der Waals surface area contributed by atoms with Crippen LogP contribution in [0, 0.1) is 6.92 Å². The summed E-state index contributed by atoms with van der Waals surface area (Å²) < 4.78 is 2.01. The van der Waals surface area contributed by atoms with Gasteiger partial charge in [-0.05, 0) is 42.3 Å². The number of pyridine rings is 2. The predicted molar refractivity (Wildman–Crippen MR) is 144 cm³/mol. The first-order valence-electron chi connectivity index (χ1n) is 11.8. The van der Waals surface area contributed by atoms with E-state index in [1.807, 2.05) is 61.1 Å². The van der Waals surface area contributed by atoms with Crippen molar-refractivity contribution in [1.82, 2.24) is 19.5 Å². The summed E-state index contributed by atoms with van der Waals surface area (Å²) in [5.41, 5.74) is 9.67. The van der Waals surface area contributed by atoms with Crippen molar-refractivity contribution < 1.29 is 5.11 Å². The van der Waals surface area contributed by atoms with E-state index in [0.717, 1.165) is 50.2 Å². The number of imidazole rings is 1. The molecule has 3 aromatic heterocycles. The molecule has 0 radical (unpaired) electrons. The van der Waals surface area contributed by atoms with Crippen molar-refractivity contribution in [3.63, 3.8) is 0 Å². The molecule has 0 saturated carbocycles. The molecule has 0 saturated heterocycles. The zero-order valence-corrected chi connectivity index (χ0v) is 20.1. The molecule has 0 bridgehead atoms. The number of nitrogens with zero attached hydrogens (tertiary/aromatic N) is 4.